The van der Waals surface area contributed by atoms with Gasteiger partial charge in [0.2, 0.25) is 5.91 Å². The first-order valence-corrected chi connectivity index (χ1v) is 13.1. The van der Waals surface area contributed by atoms with Crippen LogP contribution < -0.4 is 5.32 Å². The van der Waals surface area contributed by atoms with Gasteiger partial charge in [0.1, 0.15) is 0 Å². The topological polar surface area (TPSA) is 51.1 Å². The Balaban J connectivity index is 1.23. The Morgan fingerprint density at radius 3 is 2.08 bits per heavy atom. The summed E-state index contributed by atoms with van der Waals surface area (Å²) in [5.41, 5.74) is 3.13. The number of nitrogens with zero attached hydrogens (tertiary/aromatic N) is 1. The van der Waals surface area contributed by atoms with Crippen LogP contribution in [0.4, 0.5) is 5.69 Å². The van der Waals surface area contributed by atoms with Gasteiger partial charge in [0.25, 0.3) is 5.91 Å². The van der Waals surface area contributed by atoms with Gasteiger partial charge in [-0.25, -0.2) is 0 Å². The summed E-state index contributed by atoms with van der Waals surface area (Å²) in [5, 5.41) is 6.94. The monoisotopic (exact) mass is 500 g/mol. The van der Waals surface area contributed by atoms with E-state index < -0.39 is 0 Å². The second-order valence-electron chi connectivity index (χ2n) is 9.01. The number of fused-ring (bicyclic) bond motifs is 4. The maximum absolute atomic E-state index is 13.7. The number of thioether (sulfide) groups is 1. The maximum Gasteiger partial charge on any atom is 0.255 e. The summed E-state index contributed by atoms with van der Waals surface area (Å²) in [4.78, 5) is 27.5. The molecule has 1 heterocycles. The third-order valence-corrected chi connectivity index (χ3v) is 7.65. The van der Waals surface area contributed by atoms with E-state index in [9.17, 15) is 9.59 Å². The summed E-state index contributed by atoms with van der Waals surface area (Å²) in [5.74, 6) is -0.143. The summed E-state index contributed by atoms with van der Waals surface area (Å²) >= 11 is 1.48. The van der Waals surface area contributed by atoms with E-state index >= 15 is 0 Å². The number of carbonyl (C=O) groups excluding carboxylic acids is 2. The van der Waals surface area contributed by atoms with Crippen LogP contribution in [0.1, 0.15) is 22.1 Å². The molecular formula is C32H24N2O2S. The first kappa shape index (κ1) is 23.1. The van der Waals surface area contributed by atoms with Crippen LogP contribution in [0, 0.1) is 0 Å². The molecule has 0 aliphatic rings. The van der Waals surface area contributed by atoms with E-state index in [1.807, 2.05) is 115 Å². The van der Waals surface area contributed by atoms with Gasteiger partial charge in [-0.15, -0.1) is 11.8 Å². The Bertz CT molecular complexity index is 1750. The van der Waals surface area contributed by atoms with Crippen molar-refractivity contribution in [2.24, 2.45) is 0 Å². The number of anilines is 1. The molecule has 0 aliphatic heterocycles. The number of rotatable bonds is 5. The van der Waals surface area contributed by atoms with Gasteiger partial charge >= 0.3 is 0 Å². The molecule has 0 saturated carbocycles. The van der Waals surface area contributed by atoms with Gasteiger partial charge in [0.05, 0.1) is 16.3 Å². The molecule has 0 spiro atoms. The molecule has 1 aromatic heterocycles. The quantitative estimate of drug-likeness (QED) is 0.244. The molecule has 0 aliphatic carbocycles. The smallest absolute Gasteiger partial charge is 0.255 e. The molecule has 1 N–H and O–H groups in total. The van der Waals surface area contributed by atoms with Crippen molar-refractivity contribution in [2.45, 2.75) is 17.1 Å². The molecule has 0 fully saturated rings. The molecule has 4 nitrogen and oxygen atoms in total. The summed E-state index contributed by atoms with van der Waals surface area (Å²) < 4.78 is 1.83. The number of para-hydroxylation sites is 2. The highest BCUT2D eigenvalue weighted by Crippen LogP contribution is 2.32. The van der Waals surface area contributed by atoms with Crippen molar-refractivity contribution in [3.05, 3.63) is 121 Å². The van der Waals surface area contributed by atoms with Crippen LogP contribution >= 0.6 is 11.8 Å². The van der Waals surface area contributed by atoms with E-state index in [4.69, 9.17) is 0 Å². The molecule has 0 radical (unpaired) electrons. The van der Waals surface area contributed by atoms with Crippen LogP contribution in [0.2, 0.25) is 0 Å². The van der Waals surface area contributed by atoms with Crippen LogP contribution in [0.3, 0.4) is 0 Å². The van der Waals surface area contributed by atoms with Crippen molar-refractivity contribution in [3.8, 4) is 0 Å². The lowest BCUT2D eigenvalue weighted by molar-refractivity contribution is 0.0924. The number of nitrogens with one attached hydrogen (secondary N) is 1. The largest absolute Gasteiger partial charge is 0.322 e. The molecule has 0 bridgehead atoms. The lowest BCUT2D eigenvalue weighted by Gasteiger charge is -2.14. The Morgan fingerprint density at radius 1 is 0.703 bits per heavy atom. The van der Waals surface area contributed by atoms with Crippen LogP contribution in [0.5, 0.6) is 0 Å². The highest BCUT2D eigenvalue weighted by atomic mass is 32.2. The van der Waals surface area contributed by atoms with E-state index in [2.05, 4.69) is 17.4 Å². The fourth-order valence-corrected chi connectivity index (χ4v) is 5.74. The zero-order valence-electron chi connectivity index (χ0n) is 20.2. The van der Waals surface area contributed by atoms with E-state index in [1.165, 1.54) is 11.8 Å². The second-order valence-corrected chi connectivity index (χ2v) is 10.4. The zero-order valence-corrected chi connectivity index (χ0v) is 21.0. The fourth-order valence-electron chi connectivity index (χ4n) is 4.78. The van der Waals surface area contributed by atoms with Gasteiger partial charge in [0, 0.05) is 26.9 Å². The maximum atomic E-state index is 13.7. The first-order valence-electron chi connectivity index (χ1n) is 12.2. The van der Waals surface area contributed by atoms with Crippen LogP contribution in [-0.2, 0) is 0 Å². The number of benzene rings is 5. The predicted molar refractivity (Wildman–Crippen MR) is 154 cm³/mol. The molecule has 1 amide bonds. The molecule has 0 saturated heterocycles. The standard InChI is InChI=1S/C32H24N2O2S/c1-21(32(36)34-29-15-6-4-13-27(29)28-14-5-7-16-30(28)34)37-26-12-8-11-25(20-26)33-31(35)24-18-17-22-9-2-3-10-23(22)19-24/h2-21H,1H3,(H,33,35). The van der Waals surface area contributed by atoms with Crippen LogP contribution in [0.25, 0.3) is 32.6 Å². The van der Waals surface area contributed by atoms with Crippen molar-refractivity contribution >= 4 is 61.8 Å². The van der Waals surface area contributed by atoms with Crippen LogP contribution in [-0.4, -0.2) is 21.6 Å². The van der Waals surface area contributed by atoms with Gasteiger partial charge in [-0.3, -0.25) is 14.2 Å². The zero-order chi connectivity index (χ0) is 25.4. The van der Waals surface area contributed by atoms with Gasteiger partial charge in [-0.1, -0.05) is 72.8 Å². The Labute approximate surface area is 218 Å². The fraction of sp³-hybridized carbons (Fsp3) is 0.0625. The van der Waals surface area contributed by atoms with E-state index in [0.717, 1.165) is 37.5 Å². The number of amides is 1. The SMILES string of the molecule is CC(Sc1cccc(NC(=O)c2ccc3ccccc3c2)c1)C(=O)n1c2ccccc2c2ccccc21. The highest BCUT2D eigenvalue weighted by Gasteiger charge is 2.21. The molecule has 5 aromatic carbocycles. The van der Waals surface area contributed by atoms with Crippen molar-refractivity contribution in [3.63, 3.8) is 0 Å². The second kappa shape index (κ2) is 9.60. The van der Waals surface area contributed by atoms with Crippen LogP contribution in [0.15, 0.2) is 120 Å². The average Bonchev–Trinajstić information content (AvgIpc) is 3.27. The molecule has 5 heteroatoms. The number of hydrogen-bond donors (Lipinski definition) is 1. The van der Waals surface area contributed by atoms with Gasteiger partial charge in [0.15, 0.2) is 0 Å². The minimum Gasteiger partial charge on any atom is -0.322 e. The van der Waals surface area contributed by atoms with Gasteiger partial charge < -0.3 is 5.32 Å². The summed E-state index contributed by atoms with van der Waals surface area (Å²) in [6.45, 7) is 1.93. The average molecular weight is 501 g/mol. The van der Waals surface area contributed by atoms with Gasteiger partial charge in [-0.05, 0) is 60.2 Å². The first-order chi connectivity index (χ1) is 18.1. The number of aromatic nitrogens is 1. The minimum atomic E-state index is -0.328. The number of hydrogen-bond acceptors (Lipinski definition) is 3. The third kappa shape index (κ3) is 4.39. The minimum absolute atomic E-state index is 0.0213. The van der Waals surface area contributed by atoms with Crippen molar-refractivity contribution in [1.29, 1.82) is 0 Å². The summed E-state index contributed by atoms with van der Waals surface area (Å²) in [6, 6.07) is 37.3. The molecule has 180 valence electrons. The van der Waals surface area contributed by atoms with Gasteiger partial charge in [-0.2, -0.15) is 0 Å². The third-order valence-electron chi connectivity index (χ3n) is 6.56. The van der Waals surface area contributed by atoms with Crippen molar-refractivity contribution < 1.29 is 9.59 Å². The normalized spacial score (nSPS) is 12.1. The highest BCUT2D eigenvalue weighted by molar-refractivity contribution is 8.00. The van der Waals surface area contributed by atoms with E-state index in [-0.39, 0.29) is 17.1 Å². The van der Waals surface area contributed by atoms with E-state index in [0.29, 0.717) is 11.3 Å². The predicted octanol–water partition coefficient (Wildman–Crippen LogP) is 8.02. The van der Waals surface area contributed by atoms with E-state index in [1.54, 1.807) is 0 Å². The lowest BCUT2D eigenvalue weighted by atomic mass is 10.1. The van der Waals surface area contributed by atoms with Crippen molar-refractivity contribution in [2.75, 3.05) is 5.32 Å². The summed E-state index contributed by atoms with van der Waals surface area (Å²) in [7, 11) is 0. The Morgan fingerprint density at radius 2 is 1.35 bits per heavy atom. The van der Waals surface area contributed by atoms with Crippen molar-refractivity contribution in [1.82, 2.24) is 4.57 Å². The lowest BCUT2D eigenvalue weighted by Crippen LogP contribution is -2.21. The summed E-state index contributed by atoms with van der Waals surface area (Å²) in [6.07, 6.45) is 0. The molecule has 6 rings (SSSR count). The Hall–Kier alpha value is -4.35. The number of carbonyl (C=O) groups is 2. The molecule has 37 heavy (non-hydrogen) atoms. The Kier molecular flexibility index (Phi) is 5.99. The molecule has 1 unspecified atom stereocenters. The molecular weight excluding hydrogens is 476 g/mol. The molecule has 6 aromatic rings. The molecule has 1 atom stereocenters.